The predicted molar refractivity (Wildman–Crippen MR) is 377 cm³/mol. The summed E-state index contributed by atoms with van der Waals surface area (Å²) in [5.74, 6) is -1.42. The van der Waals surface area contributed by atoms with Crippen LogP contribution in [0, 0.1) is 11.6 Å². The number of fused-ring (bicyclic) bond motifs is 4. The fourth-order valence-electron chi connectivity index (χ4n) is 13.0. The number of benzene rings is 8. The summed E-state index contributed by atoms with van der Waals surface area (Å²) < 4.78 is 57.9. The zero-order valence-electron chi connectivity index (χ0n) is 54.5. The molecule has 16 nitrogen and oxygen atoms in total. The van der Waals surface area contributed by atoms with E-state index in [1.807, 2.05) is 168 Å². The predicted octanol–water partition coefficient (Wildman–Crippen LogP) is 14.9. The zero-order valence-corrected chi connectivity index (χ0v) is 55.4. The van der Waals surface area contributed by atoms with Crippen LogP contribution in [-0.2, 0) is 27.5 Å². The van der Waals surface area contributed by atoms with Gasteiger partial charge in [0.1, 0.15) is 66.4 Å². The van der Waals surface area contributed by atoms with Crippen molar-refractivity contribution >= 4 is 65.8 Å². The molecular weight excluding hydrogens is 1240 g/mol. The van der Waals surface area contributed by atoms with Crippen LogP contribution in [0.1, 0.15) is 102 Å². The summed E-state index contributed by atoms with van der Waals surface area (Å²) in [5, 5.41) is 19.7. The van der Waals surface area contributed by atoms with Crippen molar-refractivity contribution in [2.24, 2.45) is 0 Å². The van der Waals surface area contributed by atoms with Gasteiger partial charge in [-0.3, -0.25) is 19.4 Å². The smallest absolute Gasteiger partial charge is 0.255 e. The number of nitrogens with one attached hydrogen (secondary N) is 3. The average molecular weight is 1310 g/mol. The SMILES string of the molecule is CC(C)(C)NC(=O)c1cn(C(c2ccccc2)(c2ccccc2)c2ccccc2)c2ncc(-c3n[nH]c4cc(F)ccc34)nc12.CC(C)(C)NC(=O)c1cn(C(c2ccccc2)(c2ccccc2)c2ccccc2)c2ncc(-c3nn(CCCS(C)(=O)=O)c4cc(F)ccc34)nc12. The van der Waals surface area contributed by atoms with Gasteiger partial charge in [0.05, 0.1) is 40.3 Å². The molecule has 0 aliphatic carbocycles. The molecule has 486 valence electrons. The summed E-state index contributed by atoms with van der Waals surface area (Å²) in [5.41, 5.74) is 8.32. The van der Waals surface area contributed by atoms with Crippen LogP contribution in [0.15, 0.2) is 243 Å². The van der Waals surface area contributed by atoms with Crippen molar-refractivity contribution in [1.29, 1.82) is 0 Å². The van der Waals surface area contributed by atoms with Crippen molar-refractivity contribution in [3.8, 4) is 22.8 Å². The molecule has 0 saturated carbocycles. The molecule has 6 heterocycles. The van der Waals surface area contributed by atoms with Crippen molar-refractivity contribution in [1.82, 2.24) is 59.7 Å². The first-order valence-electron chi connectivity index (χ1n) is 31.8. The molecule has 0 bridgehead atoms. The number of nitrogens with zero attached hydrogens (tertiary/aromatic N) is 9. The molecule has 0 unspecified atom stereocenters. The Kier molecular flexibility index (Phi) is 17.1. The molecule has 0 radical (unpaired) electrons. The molecule has 3 N–H and O–H groups in total. The number of aromatic nitrogens is 10. The molecule has 2 amide bonds. The number of carbonyl (C=O) groups excluding carboxylic acids is 2. The summed E-state index contributed by atoms with van der Waals surface area (Å²) in [7, 11) is -3.20. The van der Waals surface area contributed by atoms with E-state index in [9.17, 15) is 26.8 Å². The number of carbonyl (C=O) groups is 2. The number of hydrogen-bond acceptors (Lipinski definition) is 10. The Balaban J connectivity index is 0.000000177. The van der Waals surface area contributed by atoms with Crippen LogP contribution in [0.3, 0.4) is 0 Å². The summed E-state index contributed by atoms with van der Waals surface area (Å²) in [6.07, 6.45) is 8.47. The van der Waals surface area contributed by atoms with Gasteiger partial charge in [-0.25, -0.2) is 37.1 Å². The number of halogens is 2. The number of aryl methyl sites for hydroxylation is 1. The van der Waals surface area contributed by atoms with Gasteiger partial charge in [-0.2, -0.15) is 10.2 Å². The highest BCUT2D eigenvalue weighted by molar-refractivity contribution is 7.90. The minimum atomic E-state index is -3.20. The van der Waals surface area contributed by atoms with E-state index in [1.165, 1.54) is 30.5 Å². The van der Waals surface area contributed by atoms with Crippen molar-refractivity contribution in [2.75, 3.05) is 12.0 Å². The molecule has 14 aromatic rings. The van der Waals surface area contributed by atoms with E-state index in [-0.39, 0.29) is 29.9 Å². The Bertz CT molecular complexity index is 5130. The quantitative estimate of drug-likeness (QED) is 0.0782. The van der Waals surface area contributed by atoms with E-state index < -0.39 is 37.8 Å². The molecule has 0 aliphatic rings. The Morgan fingerprint density at radius 2 is 0.866 bits per heavy atom. The lowest BCUT2D eigenvalue weighted by atomic mass is 9.76. The van der Waals surface area contributed by atoms with Gasteiger partial charge in [0, 0.05) is 47.0 Å². The summed E-state index contributed by atoms with van der Waals surface area (Å²) in [6.45, 7) is 11.8. The molecule has 14 rings (SSSR count). The second kappa shape index (κ2) is 25.8. The van der Waals surface area contributed by atoms with Crippen LogP contribution < -0.4 is 10.6 Å². The van der Waals surface area contributed by atoms with Crippen molar-refractivity contribution < 1.29 is 26.8 Å². The van der Waals surface area contributed by atoms with E-state index in [0.29, 0.717) is 84.5 Å². The molecule has 97 heavy (non-hydrogen) atoms. The maximum absolute atomic E-state index is 14.5. The Labute approximate surface area is 560 Å². The number of amides is 2. The van der Waals surface area contributed by atoms with E-state index in [1.54, 1.807) is 29.2 Å². The lowest BCUT2D eigenvalue weighted by molar-refractivity contribution is 0.0911. The normalized spacial score (nSPS) is 12.3. The monoisotopic (exact) mass is 1310 g/mol. The fourth-order valence-corrected chi connectivity index (χ4v) is 13.6. The Morgan fingerprint density at radius 1 is 0.495 bits per heavy atom. The molecule has 0 atom stereocenters. The highest BCUT2D eigenvalue weighted by atomic mass is 32.2. The highest BCUT2D eigenvalue weighted by Gasteiger charge is 2.43. The second-order valence-electron chi connectivity index (χ2n) is 26.2. The third kappa shape index (κ3) is 12.6. The molecule has 0 saturated heterocycles. The van der Waals surface area contributed by atoms with Gasteiger partial charge in [0.15, 0.2) is 11.3 Å². The van der Waals surface area contributed by atoms with Gasteiger partial charge >= 0.3 is 0 Å². The largest absolute Gasteiger partial charge is 0.347 e. The van der Waals surface area contributed by atoms with Gasteiger partial charge in [-0.05, 0) is 118 Å². The molecule has 19 heteroatoms. The molecular formula is C78H70F2N12O4S. The van der Waals surface area contributed by atoms with Crippen molar-refractivity contribution in [3.63, 3.8) is 0 Å². The molecule has 0 spiro atoms. The van der Waals surface area contributed by atoms with Crippen LogP contribution in [-0.4, -0.2) is 92.4 Å². The van der Waals surface area contributed by atoms with E-state index in [0.717, 1.165) is 33.4 Å². The van der Waals surface area contributed by atoms with Gasteiger partial charge in [-0.15, -0.1) is 0 Å². The van der Waals surface area contributed by atoms with E-state index in [2.05, 4.69) is 98.2 Å². The summed E-state index contributed by atoms with van der Waals surface area (Å²) >= 11 is 0. The van der Waals surface area contributed by atoms with E-state index in [4.69, 9.17) is 25.0 Å². The van der Waals surface area contributed by atoms with E-state index >= 15 is 0 Å². The number of rotatable bonds is 16. The van der Waals surface area contributed by atoms with Crippen LogP contribution in [0.5, 0.6) is 0 Å². The number of sulfone groups is 1. The third-order valence-electron chi connectivity index (χ3n) is 16.9. The minimum absolute atomic E-state index is 0.0312. The number of hydrogen-bond donors (Lipinski definition) is 3. The highest BCUT2D eigenvalue weighted by Crippen LogP contribution is 2.46. The van der Waals surface area contributed by atoms with Gasteiger partial charge < -0.3 is 19.8 Å². The third-order valence-corrected chi connectivity index (χ3v) is 18.0. The second-order valence-corrected chi connectivity index (χ2v) is 28.4. The standard InChI is InChI=1S/C41H39FN6O3S.C37H31FN6O/c1-40(2,3)45-39(49)33-27-47(41(28-15-8-5-9-16-28,29-17-10-6-11-18-29)30-19-12-7-13-20-30)38-37(33)44-34(26-43-38)36-32-22-21-31(42)25-35(32)48(46-36)23-14-24-52(4,50)51;1-36(2,3)41-35(45)29-23-44(34-33(29)40-31(22-39-34)32-28-20-19-27(38)21-30(28)42-43-32)37(24-13-7-4-8-14-24,25-15-9-5-10-16-25)26-17-11-6-12-18-26/h5-13,15-22,25-27H,14,23-24H2,1-4H3,(H,45,49);4-23H,1-3H3,(H,41,45)(H,42,43). The fraction of sp³-hybridized carbons (Fsp3) is 0.179. The molecule has 6 aromatic heterocycles. The van der Waals surface area contributed by atoms with Gasteiger partial charge in [-0.1, -0.05) is 182 Å². The number of H-pyrrole nitrogens is 1. The molecule has 0 fully saturated rings. The minimum Gasteiger partial charge on any atom is -0.347 e. The van der Waals surface area contributed by atoms with Crippen LogP contribution in [0.2, 0.25) is 0 Å². The molecule has 8 aromatic carbocycles. The topological polar surface area (TPSA) is 200 Å². The summed E-state index contributed by atoms with van der Waals surface area (Å²) in [4.78, 5) is 48.4. The van der Waals surface area contributed by atoms with Gasteiger partial charge in [0.2, 0.25) is 0 Å². The van der Waals surface area contributed by atoms with Crippen molar-refractivity contribution in [2.45, 2.75) is 76.7 Å². The summed E-state index contributed by atoms with van der Waals surface area (Å²) in [6, 6.07) is 69.8. The first-order valence-corrected chi connectivity index (χ1v) is 33.9. The number of aromatic amines is 1. The lowest BCUT2D eigenvalue weighted by Gasteiger charge is -2.38. The first-order chi connectivity index (χ1) is 46.6. The maximum atomic E-state index is 14.5. The average Bonchev–Trinajstić information content (AvgIpc) is 1.65. The Morgan fingerprint density at radius 3 is 1.25 bits per heavy atom. The lowest BCUT2D eigenvalue weighted by Crippen LogP contribution is -2.40. The maximum Gasteiger partial charge on any atom is 0.255 e. The van der Waals surface area contributed by atoms with Gasteiger partial charge in [0.25, 0.3) is 11.8 Å². The van der Waals surface area contributed by atoms with Crippen LogP contribution in [0.4, 0.5) is 8.78 Å². The first kappa shape index (κ1) is 64.4. The van der Waals surface area contributed by atoms with Crippen LogP contribution >= 0.6 is 0 Å². The van der Waals surface area contributed by atoms with Crippen LogP contribution in [0.25, 0.3) is 66.9 Å². The van der Waals surface area contributed by atoms with Crippen molar-refractivity contribution in [3.05, 3.63) is 299 Å². The zero-order chi connectivity index (χ0) is 67.9. The molecule has 0 aliphatic heterocycles. The Hall–Kier alpha value is -11.3.